The summed E-state index contributed by atoms with van der Waals surface area (Å²) < 4.78 is 0. The van der Waals surface area contributed by atoms with Gasteiger partial charge >= 0.3 is 0 Å². The molecule has 0 fully saturated rings. The molecule has 1 aromatic heterocycles. The smallest absolute Gasteiger partial charge is 0.245 e. The molecule has 101 heavy (non-hydrogen) atoms. The molecular formula is C67H97Cl2N19O13. The van der Waals surface area contributed by atoms with Gasteiger partial charge in [0, 0.05) is 72.5 Å². The van der Waals surface area contributed by atoms with Crippen LogP contribution in [-0.2, 0) is 76.8 Å². The fraction of sp³-hybridized carbons (Fsp3) is 0.493. The maximum Gasteiger partial charge on any atom is 0.245 e. The average molecular weight is 1450 g/mol. The number of carbonyl (C=O) groups excluding carboxylic acids is 12. The third-order valence-corrected chi connectivity index (χ3v) is 16.8. The number of aromatic amines is 1. The number of aliphatic hydroxyl groups is 1. The van der Waals surface area contributed by atoms with E-state index in [9.17, 15) is 62.6 Å². The van der Waals surface area contributed by atoms with Crippen LogP contribution in [0.5, 0.6) is 0 Å². The van der Waals surface area contributed by atoms with Crippen molar-refractivity contribution >= 4 is 117 Å². The molecule has 32 nitrogen and oxygen atoms in total. The molecule has 3 aromatic carbocycles. The minimum atomic E-state index is -1.88. The topological polar surface area (TPSA) is 547 Å². The SMILES string of the molecule is CC(C)C[C@H](NC(=O)C(C)Cc1ccc(Cl)cc1)C(=O)N[C@@H](CC(N)=O)C(=O)N[C@@H](Cc1c[nH]c2ccccc12)C(=O)N[C@H](C(=O)N[C@H](C(=O)N[C@@H](CCCN=C(N)N)C(=O)N[C@@H](CCC(N)=O)C(=O)N(C)[C@@H](CCCN=C(N)N)C(=O)N[C@@H](Cc1ccc(Cl)cc1)C(N)=O)[C@@H](C)O)C(C)C. The number of benzene rings is 3. The summed E-state index contributed by atoms with van der Waals surface area (Å²) in [6.45, 7) is 9.46. The van der Waals surface area contributed by atoms with E-state index in [1.54, 1.807) is 99.8 Å². The first-order chi connectivity index (χ1) is 47.5. The highest BCUT2D eigenvalue weighted by molar-refractivity contribution is 6.30. The molecule has 11 atom stereocenters. The number of aromatic nitrogens is 1. The molecule has 1 unspecified atom stereocenters. The van der Waals surface area contributed by atoms with Crippen LogP contribution in [0.25, 0.3) is 10.9 Å². The molecule has 0 spiro atoms. The molecule has 1 heterocycles. The number of nitrogens with zero attached hydrogens (tertiary/aromatic N) is 3. The lowest BCUT2D eigenvalue weighted by molar-refractivity contribution is -0.143. The van der Waals surface area contributed by atoms with Crippen LogP contribution in [-0.4, -0.2) is 178 Å². The molecule has 0 bridgehead atoms. The Morgan fingerprint density at radius 2 is 0.990 bits per heavy atom. The third kappa shape index (κ3) is 28.2. The van der Waals surface area contributed by atoms with Gasteiger partial charge in [0.25, 0.3) is 0 Å². The Morgan fingerprint density at radius 3 is 1.53 bits per heavy atom. The van der Waals surface area contributed by atoms with Crippen LogP contribution in [0.1, 0.15) is 110 Å². The molecule has 4 rings (SSSR count). The molecule has 34 heteroatoms. The van der Waals surface area contributed by atoms with Crippen LogP contribution in [0, 0.1) is 17.8 Å². The number of aliphatic imine (C=N–C) groups is 2. The number of halogens is 2. The van der Waals surface area contributed by atoms with Gasteiger partial charge in [-0.1, -0.05) is 100 Å². The molecule has 0 aliphatic heterocycles. The van der Waals surface area contributed by atoms with E-state index in [1.807, 2.05) is 13.8 Å². The van der Waals surface area contributed by atoms with Gasteiger partial charge in [0.2, 0.25) is 70.9 Å². The number of H-pyrrole nitrogens is 1. The minimum Gasteiger partial charge on any atom is -0.391 e. The number of carbonyl (C=O) groups is 12. The number of aliphatic hydroxyl groups excluding tert-OH is 1. The lowest BCUT2D eigenvalue weighted by Crippen LogP contribution is -2.63. The van der Waals surface area contributed by atoms with E-state index in [2.05, 4.69) is 57.5 Å². The summed E-state index contributed by atoms with van der Waals surface area (Å²) in [5.41, 5.74) is 41.7. The molecule has 0 radical (unpaired) electrons. The van der Waals surface area contributed by atoms with E-state index in [1.165, 1.54) is 7.05 Å². The predicted octanol–water partition coefficient (Wildman–Crippen LogP) is -1.34. The van der Waals surface area contributed by atoms with E-state index < -0.39 is 162 Å². The average Bonchev–Trinajstić information content (AvgIpc) is 1.78. The summed E-state index contributed by atoms with van der Waals surface area (Å²) >= 11 is 12.1. The van der Waals surface area contributed by atoms with Gasteiger partial charge in [0.1, 0.15) is 54.4 Å². The Morgan fingerprint density at radius 1 is 0.505 bits per heavy atom. The standard InChI is InChI=1S/C67H97Cl2N19O13/c1-34(2)28-48(83-57(93)36(5)29-38-16-20-41(68)21-17-38)59(95)85-50(32-53(71)91)60(96)84-49(31-40-33-79-44-13-9-8-12-43(40)44)61(97)86-54(35(3)4)63(99)87-55(37(6)89)64(100)80-45(14-10-26-77-66(73)74)58(94)81-46(24-25-52(70)90)65(101)88(7)51(15-11-27-78-67(75)76)62(98)82-47(56(72)92)30-39-18-22-42(69)23-19-39/h8-9,12-13,16-23,33-37,45-51,54-55,79,89H,10-11,14-15,24-32H2,1-7H3,(H2,70,90)(H2,71,91)(H2,72,92)(H,80,100)(H,81,94)(H,82,98)(H,83,93)(H,84,96)(H,85,95)(H,86,97)(H,87,99)(H4,73,74,77)(H4,75,76,78)/t36?,37-,45+,46+,47+,48+,49+,50+,51+,54+,55+/m1/s1. The first-order valence-electron chi connectivity index (χ1n) is 32.9. The van der Waals surface area contributed by atoms with E-state index >= 15 is 0 Å². The van der Waals surface area contributed by atoms with Gasteiger partial charge in [-0.2, -0.15) is 0 Å². The summed E-state index contributed by atoms with van der Waals surface area (Å²) in [6.07, 6.45) is -2.00. The maximum absolute atomic E-state index is 14.8. The maximum atomic E-state index is 14.8. The molecule has 0 saturated heterocycles. The van der Waals surface area contributed by atoms with Crippen molar-refractivity contribution in [1.29, 1.82) is 0 Å². The van der Waals surface area contributed by atoms with E-state index in [0.717, 1.165) is 17.4 Å². The normalized spacial score (nSPS) is 14.5. The fourth-order valence-corrected chi connectivity index (χ4v) is 11.0. The highest BCUT2D eigenvalue weighted by atomic mass is 35.5. The highest BCUT2D eigenvalue weighted by Gasteiger charge is 2.39. The number of guanidine groups is 2. The van der Waals surface area contributed by atoms with Crippen LogP contribution in [0.3, 0.4) is 0 Å². The number of para-hydroxylation sites is 1. The highest BCUT2D eigenvalue weighted by Crippen LogP contribution is 2.22. The van der Waals surface area contributed by atoms with Crippen molar-refractivity contribution in [3.8, 4) is 0 Å². The van der Waals surface area contributed by atoms with Gasteiger partial charge in [-0.25, -0.2) is 0 Å². The van der Waals surface area contributed by atoms with Crippen molar-refractivity contribution < 1.29 is 62.6 Å². The molecule has 0 aliphatic rings. The number of rotatable bonds is 42. The Balaban J connectivity index is 1.64. The van der Waals surface area contributed by atoms with Gasteiger partial charge in [-0.15, -0.1) is 0 Å². The van der Waals surface area contributed by atoms with Gasteiger partial charge in [0.05, 0.1) is 12.5 Å². The molecule has 0 aliphatic carbocycles. The second-order valence-corrected chi connectivity index (χ2v) is 26.4. The first-order valence-corrected chi connectivity index (χ1v) is 33.7. The molecule has 552 valence electrons. The van der Waals surface area contributed by atoms with Crippen molar-refractivity contribution in [2.75, 3.05) is 20.1 Å². The molecule has 4 aromatic rings. The summed E-state index contributed by atoms with van der Waals surface area (Å²) in [4.78, 5) is 179. The van der Waals surface area contributed by atoms with Crippen LogP contribution in [0.2, 0.25) is 10.0 Å². The largest absolute Gasteiger partial charge is 0.391 e. The molecule has 24 N–H and O–H groups in total. The minimum absolute atomic E-state index is 0.00200. The van der Waals surface area contributed by atoms with Gasteiger partial charge in [-0.05, 0) is 111 Å². The number of nitrogens with one attached hydrogen (secondary N) is 9. The fourth-order valence-electron chi connectivity index (χ4n) is 10.8. The molecule has 0 saturated carbocycles. The Kier molecular flexibility index (Phi) is 33.7. The zero-order valence-corrected chi connectivity index (χ0v) is 59.2. The summed E-state index contributed by atoms with van der Waals surface area (Å²) in [5, 5.41) is 33.5. The molecular weight excluding hydrogens is 1350 g/mol. The summed E-state index contributed by atoms with van der Waals surface area (Å²) in [7, 11) is 1.23. The van der Waals surface area contributed by atoms with Gasteiger partial charge in [0.15, 0.2) is 11.9 Å². The second kappa shape index (κ2) is 40.9. The number of fused-ring (bicyclic) bond motifs is 1. The quantitative estimate of drug-likeness (QED) is 0.0139. The lowest BCUT2D eigenvalue weighted by atomic mass is 9.98. The third-order valence-electron chi connectivity index (χ3n) is 16.3. The van der Waals surface area contributed by atoms with E-state index in [-0.39, 0.29) is 75.9 Å². The second-order valence-electron chi connectivity index (χ2n) is 25.5. The van der Waals surface area contributed by atoms with Crippen LogP contribution < -0.4 is 82.7 Å². The lowest BCUT2D eigenvalue weighted by Gasteiger charge is -2.32. The number of likely N-dealkylation sites (N-methyl/N-ethyl adjacent to an activating group) is 1. The number of hydrogen-bond donors (Lipinski definition) is 17. The Hall–Kier alpha value is -10.1. The number of primary amides is 3. The van der Waals surface area contributed by atoms with Crippen molar-refractivity contribution in [2.45, 2.75) is 173 Å². The van der Waals surface area contributed by atoms with Crippen molar-refractivity contribution in [2.24, 2.45) is 67.9 Å². The Bertz CT molecular complexity index is 3580. The van der Waals surface area contributed by atoms with E-state index in [0.29, 0.717) is 38.5 Å². The number of amides is 12. The van der Waals surface area contributed by atoms with Crippen LogP contribution in [0.4, 0.5) is 0 Å². The van der Waals surface area contributed by atoms with Crippen LogP contribution in [0.15, 0.2) is 89.0 Å². The number of nitrogens with two attached hydrogens (primary N) is 7. The van der Waals surface area contributed by atoms with Gasteiger partial charge < -0.3 is 97.7 Å². The van der Waals surface area contributed by atoms with Crippen LogP contribution >= 0.6 is 23.2 Å². The number of hydrogen-bond acceptors (Lipinski definition) is 15. The van der Waals surface area contributed by atoms with Gasteiger partial charge in [-0.3, -0.25) is 67.5 Å². The summed E-state index contributed by atoms with van der Waals surface area (Å²) in [6, 6.07) is 6.49. The van der Waals surface area contributed by atoms with Crippen molar-refractivity contribution in [3.63, 3.8) is 0 Å². The van der Waals surface area contributed by atoms with Crippen molar-refractivity contribution in [1.82, 2.24) is 52.4 Å². The van der Waals surface area contributed by atoms with E-state index in [4.69, 9.17) is 63.3 Å². The predicted molar refractivity (Wildman–Crippen MR) is 381 cm³/mol. The monoisotopic (exact) mass is 1450 g/mol. The van der Waals surface area contributed by atoms with Crippen molar-refractivity contribution in [3.05, 3.63) is 106 Å². The molecule has 12 amide bonds. The zero-order valence-electron chi connectivity index (χ0n) is 57.7. The Labute approximate surface area is 595 Å². The zero-order chi connectivity index (χ0) is 75.4. The summed E-state index contributed by atoms with van der Waals surface area (Å²) in [5.74, 6) is -13.3. The first kappa shape index (κ1) is 83.3.